The number of unbranched alkanes of at least 4 members (excludes halogenated alkanes) is 2. The maximum atomic E-state index is 4.04. The first-order valence-corrected chi connectivity index (χ1v) is 4.36. The summed E-state index contributed by atoms with van der Waals surface area (Å²) in [6.45, 7) is 2.99. The third-order valence-electron chi connectivity index (χ3n) is 1.83. The zero-order valence-corrected chi connectivity index (χ0v) is 7.14. The van der Waals surface area contributed by atoms with Gasteiger partial charge < -0.3 is 5.32 Å². The predicted molar refractivity (Wildman–Crippen MR) is 57.3 cm³/mol. The van der Waals surface area contributed by atoms with Gasteiger partial charge in [0, 0.05) is 11.9 Å². The van der Waals surface area contributed by atoms with Crippen molar-refractivity contribution in [1.82, 2.24) is 5.32 Å². The summed E-state index contributed by atoms with van der Waals surface area (Å²) in [5.41, 5.74) is 1.34. The number of nitrogens with zero attached hydrogens (tertiary/aromatic N) is 1. The molecule has 0 fully saturated rings. The normalized spacial score (nSPS) is 14.6. The average Bonchev–Trinajstić information content (AvgIpc) is 2.07. The van der Waals surface area contributed by atoms with Gasteiger partial charge in [-0.05, 0) is 18.9 Å². The van der Waals surface area contributed by atoms with Crippen molar-refractivity contribution in [2.45, 2.75) is 32.6 Å². The van der Waals surface area contributed by atoms with Crippen molar-refractivity contribution in [2.24, 2.45) is 4.99 Å². The zero-order valence-electron chi connectivity index (χ0n) is 7.14. The van der Waals surface area contributed by atoms with E-state index in [1.54, 1.807) is 0 Å². The molecule has 66 valence electrons. The van der Waals surface area contributed by atoms with Gasteiger partial charge in [0.2, 0.25) is 0 Å². The fourth-order valence-electron chi connectivity index (χ4n) is 1.14. The van der Waals surface area contributed by atoms with E-state index in [0.29, 0.717) is 0 Å². The second-order valence-corrected chi connectivity index (χ2v) is 2.82. The molecule has 0 atom stereocenters. The van der Waals surface area contributed by atoms with E-state index < -0.39 is 0 Å². The summed E-state index contributed by atoms with van der Waals surface area (Å²) < 4.78 is 0. The van der Waals surface area contributed by atoms with Gasteiger partial charge in [-0.25, -0.2) is 0 Å². The van der Waals surface area contributed by atoms with Gasteiger partial charge in [0.1, 0.15) is 6.67 Å². The van der Waals surface area contributed by atoms with Gasteiger partial charge >= 0.3 is 37.7 Å². The van der Waals surface area contributed by atoms with Crippen LogP contribution in [0.1, 0.15) is 32.6 Å². The molecule has 1 rings (SSSR count). The monoisotopic (exact) mass is 194 g/mol. The van der Waals surface area contributed by atoms with Gasteiger partial charge in [-0.3, -0.25) is 4.99 Å². The van der Waals surface area contributed by atoms with Crippen molar-refractivity contribution < 1.29 is 0 Å². The van der Waals surface area contributed by atoms with Gasteiger partial charge in [-0.15, -0.1) is 0 Å². The van der Waals surface area contributed by atoms with Crippen molar-refractivity contribution in [1.29, 1.82) is 0 Å². The Morgan fingerprint density at radius 3 is 2.92 bits per heavy atom. The summed E-state index contributed by atoms with van der Waals surface area (Å²) >= 11 is 0. The molecule has 0 amide bonds. The first-order valence-electron chi connectivity index (χ1n) is 4.36. The molecule has 1 aliphatic rings. The molecule has 0 saturated heterocycles. The van der Waals surface area contributed by atoms with Crippen molar-refractivity contribution in [3.63, 3.8) is 0 Å². The summed E-state index contributed by atoms with van der Waals surface area (Å²) in [5, 5.41) is 3.24. The standard InChI is InChI=1S/C9H16N2.Ca.2H/c1-2-3-4-5-9-6-7-10-8-11-9;;;/h6-7,11H,2-5,8H2,1H3;;;. The fraction of sp³-hybridized carbons (Fsp3) is 0.667. The number of nitrogens with one attached hydrogen (secondary N) is 1. The molecule has 0 saturated carbocycles. The van der Waals surface area contributed by atoms with E-state index in [4.69, 9.17) is 0 Å². The third-order valence-corrected chi connectivity index (χ3v) is 1.83. The summed E-state index contributed by atoms with van der Waals surface area (Å²) in [4.78, 5) is 4.04. The van der Waals surface area contributed by atoms with Gasteiger partial charge in [0.25, 0.3) is 0 Å². The van der Waals surface area contributed by atoms with E-state index in [2.05, 4.69) is 23.3 Å². The van der Waals surface area contributed by atoms with Crippen LogP contribution in [0.2, 0.25) is 0 Å². The van der Waals surface area contributed by atoms with Crippen LogP contribution in [0, 0.1) is 0 Å². The molecule has 0 aliphatic carbocycles. The van der Waals surface area contributed by atoms with Crippen LogP contribution >= 0.6 is 0 Å². The van der Waals surface area contributed by atoms with Crippen molar-refractivity contribution in [3.05, 3.63) is 11.8 Å². The number of hydrogen-bond donors (Lipinski definition) is 1. The third kappa shape index (κ3) is 5.17. The Hall–Kier alpha value is 0.470. The van der Waals surface area contributed by atoms with E-state index in [1.165, 1.54) is 31.4 Å². The Labute approximate surface area is 105 Å². The second kappa shape index (κ2) is 8.09. The van der Waals surface area contributed by atoms with Gasteiger partial charge in [-0.2, -0.15) is 0 Å². The van der Waals surface area contributed by atoms with Crippen LogP contribution in [0.25, 0.3) is 0 Å². The summed E-state index contributed by atoms with van der Waals surface area (Å²) in [7, 11) is 0. The number of rotatable bonds is 4. The summed E-state index contributed by atoms with van der Waals surface area (Å²) in [6, 6.07) is 0. The molecule has 3 heteroatoms. The van der Waals surface area contributed by atoms with Crippen LogP contribution in [0.3, 0.4) is 0 Å². The van der Waals surface area contributed by atoms with Gasteiger partial charge in [0.05, 0.1) is 0 Å². The SMILES string of the molecule is CCCCCC1=CC=NCN1.[CaH2]. The molecular weight excluding hydrogens is 176 g/mol. The number of aliphatic imine (C=N–C) groups is 1. The Bertz CT molecular complexity index is 164. The van der Waals surface area contributed by atoms with Crippen LogP contribution in [0.15, 0.2) is 16.8 Å². The molecule has 1 aliphatic heterocycles. The Balaban J connectivity index is 0.00000121. The number of hydrogen-bond acceptors (Lipinski definition) is 2. The van der Waals surface area contributed by atoms with E-state index in [9.17, 15) is 0 Å². The molecule has 0 aromatic rings. The van der Waals surface area contributed by atoms with E-state index >= 15 is 0 Å². The minimum atomic E-state index is 0. The number of allylic oxidation sites excluding steroid dienone is 2. The van der Waals surface area contributed by atoms with E-state index in [0.717, 1.165) is 6.67 Å². The summed E-state index contributed by atoms with van der Waals surface area (Å²) in [5.74, 6) is 0. The molecule has 1 heterocycles. The van der Waals surface area contributed by atoms with Crippen LogP contribution in [-0.4, -0.2) is 50.6 Å². The molecule has 0 aromatic carbocycles. The van der Waals surface area contributed by atoms with Crippen molar-refractivity contribution in [3.8, 4) is 0 Å². The Morgan fingerprint density at radius 2 is 2.33 bits per heavy atom. The van der Waals surface area contributed by atoms with Crippen LogP contribution < -0.4 is 5.32 Å². The van der Waals surface area contributed by atoms with Crippen LogP contribution in [0.4, 0.5) is 0 Å². The van der Waals surface area contributed by atoms with E-state index in [-0.39, 0.29) is 37.7 Å². The van der Waals surface area contributed by atoms with E-state index in [1.807, 2.05) is 6.21 Å². The molecule has 2 nitrogen and oxygen atoms in total. The fourth-order valence-corrected chi connectivity index (χ4v) is 1.14. The quantitative estimate of drug-likeness (QED) is 0.527. The predicted octanol–water partition coefficient (Wildman–Crippen LogP) is 1.17. The average molecular weight is 194 g/mol. The van der Waals surface area contributed by atoms with Crippen molar-refractivity contribution >= 4 is 44.0 Å². The maximum absolute atomic E-state index is 4.04. The van der Waals surface area contributed by atoms with Gasteiger partial charge in [0.15, 0.2) is 0 Å². The Morgan fingerprint density at radius 1 is 1.50 bits per heavy atom. The summed E-state index contributed by atoms with van der Waals surface area (Å²) in [6.07, 6.45) is 9.05. The molecule has 0 aromatic heterocycles. The zero-order chi connectivity index (χ0) is 7.94. The minimum absolute atomic E-state index is 0. The first kappa shape index (κ1) is 12.5. The second-order valence-electron chi connectivity index (χ2n) is 2.82. The molecule has 0 unspecified atom stereocenters. The van der Waals surface area contributed by atoms with Gasteiger partial charge in [-0.1, -0.05) is 19.8 Å². The molecule has 12 heavy (non-hydrogen) atoms. The molecule has 0 radical (unpaired) electrons. The molecule has 0 spiro atoms. The molecule has 0 bridgehead atoms. The van der Waals surface area contributed by atoms with Crippen molar-refractivity contribution in [2.75, 3.05) is 6.67 Å². The molecular formula is C9H18CaN2. The first-order chi connectivity index (χ1) is 5.43. The topological polar surface area (TPSA) is 24.4 Å². The van der Waals surface area contributed by atoms with Crippen LogP contribution in [0.5, 0.6) is 0 Å². The molecule has 1 N–H and O–H groups in total. The Kier molecular flexibility index (Phi) is 8.40. The van der Waals surface area contributed by atoms with Crippen LogP contribution in [-0.2, 0) is 0 Å².